The van der Waals surface area contributed by atoms with Crippen LogP contribution >= 0.6 is 0 Å². The van der Waals surface area contributed by atoms with Crippen molar-refractivity contribution < 1.29 is 22.7 Å². The van der Waals surface area contributed by atoms with Gasteiger partial charge >= 0.3 is 6.18 Å². The summed E-state index contributed by atoms with van der Waals surface area (Å²) < 4.78 is 45.2. The number of carbonyl (C=O) groups is 1. The number of para-hydroxylation sites is 1. The van der Waals surface area contributed by atoms with Gasteiger partial charge in [0.1, 0.15) is 5.75 Å². The second-order valence-corrected chi connectivity index (χ2v) is 4.65. The fourth-order valence-electron chi connectivity index (χ4n) is 1.78. The van der Waals surface area contributed by atoms with E-state index >= 15 is 0 Å². The zero-order chi connectivity index (χ0) is 16.3. The molecule has 0 saturated carbocycles. The number of nitrogens with one attached hydrogen (secondary N) is 1. The number of alkyl halides is 3. The van der Waals surface area contributed by atoms with Crippen molar-refractivity contribution in [3.05, 3.63) is 42.2 Å². The molecule has 2 rings (SSSR count). The minimum Gasteiger partial charge on any atom is -0.480 e. The summed E-state index contributed by atoms with van der Waals surface area (Å²) in [6, 6.07) is 4.75. The van der Waals surface area contributed by atoms with Crippen molar-refractivity contribution in [2.24, 2.45) is 7.05 Å². The van der Waals surface area contributed by atoms with Crippen LogP contribution in [-0.4, -0.2) is 21.8 Å². The SMILES string of the molecule is C[C@H](Oc1ccccc1C(F)(F)F)C(=O)Nc1cnn(C)c1. The Labute approximate surface area is 124 Å². The Morgan fingerprint density at radius 3 is 2.64 bits per heavy atom. The average molecular weight is 313 g/mol. The molecule has 5 nitrogen and oxygen atoms in total. The van der Waals surface area contributed by atoms with Crippen molar-refractivity contribution in [2.75, 3.05) is 5.32 Å². The molecular formula is C14H14F3N3O2. The average Bonchev–Trinajstić information content (AvgIpc) is 2.83. The van der Waals surface area contributed by atoms with E-state index in [0.29, 0.717) is 5.69 Å². The number of hydrogen-bond acceptors (Lipinski definition) is 3. The molecule has 1 atom stereocenters. The quantitative estimate of drug-likeness (QED) is 0.944. The lowest BCUT2D eigenvalue weighted by Gasteiger charge is -2.18. The van der Waals surface area contributed by atoms with Crippen LogP contribution in [0, 0.1) is 0 Å². The highest BCUT2D eigenvalue weighted by Crippen LogP contribution is 2.36. The fourth-order valence-corrected chi connectivity index (χ4v) is 1.78. The molecular weight excluding hydrogens is 299 g/mol. The molecule has 118 valence electrons. The molecule has 8 heteroatoms. The standard InChI is InChI=1S/C14H14F3N3O2/c1-9(13(21)19-10-7-18-20(2)8-10)22-12-6-4-3-5-11(12)14(15,16)17/h3-9H,1-2H3,(H,19,21)/t9-/m0/s1. The summed E-state index contributed by atoms with van der Waals surface area (Å²) in [4.78, 5) is 11.9. The summed E-state index contributed by atoms with van der Waals surface area (Å²) >= 11 is 0. The summed E-state index contributed by atoms with van der Waals surface area (Å²) in [6.45, 7) is 1.37. The molecule has 1 aromatic heterocycles. The zero-order valence-corrected chi connectivity index (χ0v) is 11.9. The minimum atomic E-state index is -4.55. The van der Waals surface area contributed by atoms with Gasteiger partial charge in [-0.15, -0.1) is 0 Å². The van der Waals surface area contributed by atoms with Gasteiger partial charge in [0.05, 0.1) is 17.4 Å². The van der Waals surface area contributed by atoms with Crippen LogP contribution in [0.25, 0.3) is 0 Å². The Morgan fingerprint density at radius 1 is 1.36 bits per heavy atom. The number of halogens is 3. The van der Waals surface area contributed by atoms with Crippen molar-refractivity contribution in [3.63, 3.8) is 0 Å². The van der Waals surface area contributed by atoms with Crippen LogP contribution in [0.5, 0.6) is 5.75 Å². The first-order valence-electron chi connectivity index (χ1n) is 6.40. The third kappa shape index (κ3) is 3.78. The third-order valence-corrected chi connectivity index (χ3v) is 2.84. The van der Waals surface area contributed by atoms with Crippen LogP contribution in [0.4, 0.5) is 18.9 Å². The number of ether oxygens (including phenoxy) is 1. The van der Waals surface area contributed by atoms with E-state index in [1.807, 2.05) is 0 Å². The lowest BCUT2D eigenvalue weighted by molar-refractivity contribution is -0.140. The topological polar surface area (TPSA) is 56.1 Å². The monoisotopic (exact) mass is 313 g/mol. The molecule has 1 N–H and O–H groups in total. The first kappa shape index (κ1) is 15.9. The van der Waals surface area contributed by atoms with Crippen molar-refractivity contribution in [3.8, 4) is 5.75 Å². The van der Waals surface area contributed by atoms with E-state index in [9.17, 15) is 18.0 Å². The molecule has 0 radical (unpaired) electrons. The second-order valence-electron chi connectivity index (χ2n) is 4.65. The first-order valence-corrected chi connectivity index (χ1v) is 6.40. The molecule has 0 saturated heterocycles. The zero-order valence-electron chi connectivity index (χ0n) is 11.9. The third-order valence-electron chi connectivity index (χ3n) is 2.84. The summed E-state index contributed by atoms with van der Waals surface area (Å²) in [5.74, 6) is -0.950. The Bertz CT molecular complexity index is 667. The first-order chi connectivity index (χ1) is 10.3. The predicted molar refractivity (Wildman–Crippen MR) is 73.4 cm³/mol. The number of anilines is 1. The Balaban J connectivity index is 2.09. The van der Waals surface area contributed by atoms with Gasteiger partial charge in [-0.25, -0.2) is 0 Å². The highest BCUT2D eigenvalue weighted by atomic mass is 19.4. The van der Waals surface area contributed by atoms with E-state index in [4.69, 9.17) is 4.74 Å². The molecule has 1 aromatic carbocycles. The maximum Gasteiger partial charge on any atom is 0.419 e. The maximum atomic E-state index is 12.9. The molecule has 0 aliphatic rings. The van der Waals surface area contributed by atoms with Crippen LogP contribution in [-0.2, 0) is 18.0 Å². The van der Waals surface area contributed by atoms with Crippen molar-refractivity contribution in [1.82, 2.24) is 9.78 Å². The summed E-state index contributed by atoms with van der Waals surface area (Å²) in [5, 5.41) is 6.38. The number of amides is 1. The number of hydrogen-bond donors (Lipinski definition) is 1. The van der Waals surface area contributed by atoms with Crippen LogP contribution < -0.4 is 10.1 Å². The van der Waals surface area contributed by atoms with E-state index in [0.717, 1.165) is 6.07 Å². The largest absolute Gasteiger partial charge is 0.480 e. The van der Waals surface area contributed by atoms with E-state index < -0.39 is 23.8 Å². The van der Waals surface area contributed by atoms with Crippen LogP contribution in [0.3, 0.4) is 0 Å². The molecule has 1 heterocycles. The Kier molecular flexibility index (Phi) is 4.39. The molecule has 22 heavy (non-hydrogen) atoms. The number of nitrogens with zero attached hydrogens (tertiary/aromatic N) is 2. The number of carbonyl (C=O) groups excluding carboxylic acids is 1. The Hall–Kier alpha value is -2.51. The van der Waals surface area contributed by atoms with Gasteiger partial charge in [0.2, 0.25) is 0 Å². The molecule has 0 bridgehead atoms. The van der Waals surface area contributed by atoms with E-state index in [2.05, 4.69) is 10.4 Å². The van der Waals surface area contributed by atoms with Gasteiger partial charge in [-0.05, 0) is 19.1 Å². The minimum absolute atomic E-state index is 0.385. The molecule has 0 aliphatic carbocycles. The van der Waals surface area contributed by atoms with Crippen molar-refractivity contribution in [1.29, 1.82) is 0 Å². The van der Waals surface area contributed by atoms with Gasteiger partial charge in [-0.3, -0.25) is 9.48 Å². The molecule has 2 aromatic rings. The number of aromatic nitrogens is 2. The van der Waals surface area contributed by atoms with Gasteiger partial charge in [0, 0.05) is 13.2 Å². The predicted octanol–water partition coefficient (Wildman–Crippen LogP) is 2.84. The summed E-state index contributed by atoms with van der Waals surface area (Å²) in [6.07, 6.45) is -2.65. The van der Waals surface area contributed by atoms with Gasteiger partial charge in [0.15, 0.2) is 6.10 Å². The van der Waals surface area contributed by atoms with Crippen molar-refractivity contribution in [2.45, 2.75) is 19.2 Å². The van der Waals surface area contributed by atoms with Gasteiger partial charge < -0.3 is 10.1 Å². The molecule has 0 unspecified atom stereocenters. The lowest BCUT2D eigenvalue weighted by Crippen LogP contribution is -2.30. The van der Waals surface area contributed by atoms with Gasteiger partial charge in [-0.1, -0.05) is 12.1 Å². The normalized spacial score (nSPS) is 12.8. The van der Waals surface area contributed by atoms with E-state index in [1.54, 1.807) is 13.2 Å². The maximum absolute atomic E-state index is 12.9. The number of benzene rings is 1. The molecule has 1 amide bonds. The second kappa shape index (κ2) is 6.08. The van der Waals surface area contributed by atoms with Gasteiger partial charge in [0.25, 0.3) is 5.91 Å². The fraction of sp³-hybridized carbons (Fsp3) is 0.286. The van der Waals surface area contributed by atoms with Gasteiger partial charge in [-0.2, -0.15) is 18.3 Å². The molecule has 0 spiro atoms. The van der Waals surface area contributed by atoms with Crippen LogP contribution in [0.1, 0.15) is 12.5 Å². The summed E-state index contributed by atoms with van der Waals surface area (Å²) in [5.41, 5.74) is -0.483. The highest BCUT2D eigenvalue weighted by Gasteiger charge is 2.34. The van der Waals surface area contributed by atoms with E-state index in [-0.39, 0.29) is 5.75 Å². The smallest absolute Gasteiger partial charge is 0.419 e. The highest BCUT2D eigenvalue weighted by molar-refractivity contribution is 5.93. The molecule has 0 aliphatic heterocycles. The number of aryl methyl sites for hydroxylation is 1. The van der Waals surface area contributed by atoms with E-state index in [1.165, 1.54) is 36.0 Å². The summed E-state index contributed by atoms with van der Waals surface area (Å²) in [7, 11) is 1.68. The number of rotatable bonds is 4. The lowest BCUT2D eigenvalue weighted by atomic mass is 10.2. The van der Waals surface area contributed by atoms with Crippen molar-refractivity contribution >= 4 is 11.6 Å². The molecule has 0 fully saturated rings. The Morgan fingerprint density at radius 2 is 2.05 bits per heavy atom. The van der Waals surface area contributed by atoms with Crippen LogP contribution in [0.15, 0.2) is 36.7 Å². The van der Waals surface area contributed by atoms with Crippen LogP contribution in [0.2, 0.25) is 0 Å².